The molecule has 13 heavy (non-hydrogen) atoms. The second-order valence-electron chi connectivity index (χ2n) is 3.89. The van der Waals surface area contributed by atoms with Gasteiger partial charge in [0.2, 0.25) is 0 Å². The summed E-state index contributed by atoms with van der Waals surface area (Å²) in [6, 6.07) is 0. The minimum absolute atomic E-state index is 0.629. The zero-order valence-corrected chi connectivity index (χ0v) is 12.7. The summed E-state index contributed by atoms with van der Waals surface area (Å²) in [5.41, 5.74) is 0.629. The van der Waals surface area contributed by atoms with Crippen LogP contribution in [0.5, 0.6) is 0 Å². The Hall–Kier alpha value is 0.759. The molecule has 0 saturated carbocycles. The van der Waals surface area contributed by atoms with E-state index in [-0.39, 0.29) is 0 Å². The molecule has 2 radical (unpaired) electrons. The molecule has 0 unspecified atom stereocenters. The standard InChI is InChI=1S/C11H23O.Sn.H/c1-4-11(5-2,6-3)9-7-8-10-12;;/h4-10H2,1-3H3;;/q-1;+1;. The van der Waals surface area contributed by atoms with Crippen LogP contribution in [0.4, 0.5) is 0 Å². The van der Waals surface area contributed by atoms with Crippen molar-refractivity contribution in [2.24, 2.45) is 5.41 Å². The summed E-state index contributed by atoms with van der Waals surface area (Å²) in [6.45, 7) is 7.97. The van der Waals surface area contributed by atoms with E-state index in [1.54, 1.807) is 0 Å². The first-order valence-electron chi connectivity index (χ1n) is 5.56. The van der Waals surface area contributed by atoms with Gasteiger partial charge in [0.15, 0.2) is 0 Å². The van der Waals surface area contributed by atoms with Crippen LogP contribution in [0.15, 0.2) is 0 Å². The van der Waals surface area contributed by atoms with Crippen LogP contribution in [0.3, 0.4) is 0 Å². The Balaban J connectivity index is 3.68. The topological polar surface area (TPSA) is 9.23 Å². The zero-order valence-electron chi connectivity index (χ0n) is 9.44. The third-order valence-electron chi connectivity index (χ3n) is 3.47. The van der Waals surface area contributed by atoms with Crippen molar-refractivity contribution in [3.63, 3.8) is 0 Å². The third-order valence-corrected chi connectivity index (χ3v) is 4.14. The van der Waals surface area contributed by atoms with E-state index < -0.39 is 0 Å². The second kappa shape index (κ2) is 8.10. The fourth-order valence-corrected chi connectivity index (χ4v) is 2.44. The summed E-state index contributed by atoms with van der Waals surface area (Å²) in [7, 11) is 0. The van der Waals surface area contributed by atoms with Crippen LogP contribution in [0.25, 0.3) is 0 Å². The molecule has 0 spiro atoms. The summed E-state index contributed by atoms with van der Waals surface area (Å²) >= 11 is 0.955. The summed E-state index contributed by atoms with van der Waals surface area (Å²) in [4.78, 5) is 0. The Morgan fingerprint density at radius 1 is 1.00 bits per heavy atom. The Labute approximate surface area is 97.3 Å². The van der Waals surface area contributed by atoms with Crippen molar-refractivity contribution in [1.29, 1.82) is 0 Å². The van der Waals surface area contributed by atoms with Gasteiger partial charge in [0.1, 0.15) is 0 Å². The molecule has 0 N–H and O–H groups in total. The molecule has 0 aliphatic heterocycles. The van der Waals surface area contributed by atoms with Gasteiger partial charge in [0.05, 0.1) is 0 Å². The molecule has 0 aliphatic rings. The van der Waals surface area contributed by atoms with Gasteiger partial charge in [-0.05, 0) is 0 Å². The van der Waals surface area contributed by atoms with Gasteiger partial charge in [-0.15, -0.1) is 0 Å². The van der Waals surface area contributed by atoms with E-state index in [1.165, 1.54) is 38.5 Å². The molecule has 2 heteroatoms. The Morgan fingerprint density at radius 2 is 1.54 bits per heavy atom. The SMILES string of the molecule is CCC(CC)(CC)CCCC[O][SnH]. The molecular weight excluding hydrogens is 267 g/mol. The van der Waals surface area contributed by atoms with E-state index in [1.807, 2.05) is 0 Å². The molecule has 0 fully saturated rings. The maximum atomic E-state index is 5.19. The van der Waals surface area contributed by atoms with Gasteiger partial charge in [-0.25, -0.2) is 0 Å². The van der Waals surface area contributed by atoms with Gasteiger partial charge < -0.3 is 0 Å². The molecule has 0 aliphatic carbocycles. The van der Waals surface area contributed by atoms with Gasteiger partial charge in [0.25, 0.3) is 0 Å². The molecule has 0 bridgehead atoms. The average molecular weight is 291 g/mol. The number of hydrogen-bond donors (Lipinski definition) is 0. The van der Waals surface area contributed by atoms with Crippen LogP contribution in [-0.4, -0.2) is 29.5 Å². The first kappa shape index (κ1) is 13.8. The fraction of sp³-hybridized carbons (Fsp3) is 1.00. The van der Waals surface area contributed by atoms with E-state index in [4.69, 9.17) is 3.07 Å². The zero-order chi connectivity index (χ0) is 10.2. The van der Waals surface area contributed by atoms with E-state index in [2.05, 4.69) is 20.8 Å². The molecule has 0 aromatic carbocycles. The van der Waals surface area contributed by atoms with Crippen molar-refractivity contribution >= 4 is 22.9 Å². The molecule has 0 atom stereocenters. The molecule has 0 aromatic rings. The summed E-state index contributed by atoms with van der Waals surface area (Å²) < 4.78 is 5.19. The monoisotopic (exact) mass is 292 g/mol. The van der Waals surface area contributed by atoms with Crippen LogP contribution in [0, 0.1) is 5.41 Å². The van der Waals surface area contributed by atoms with Crippen molar-refractivity contribution in [2.45, 2.75) is 59.3 Å². The average Bonchev–Trinajstić information content (AvgIpc) is 2.20. The van der Waals surface area contributed by atoms with Crippen molar-refractivity contribution in [3.8, 4) is 0 Å². The quantitative estimate of drug-likeness (QED) is 0.493. The van der Waals surface area contributed by atoms with Crippen LogP contribution < -0.4 is 0 Å². The van der Waals surface area contributed by atoms with Crippen molar-refractivity contribution < 1.29 is 3.07 Å². The van der Waals surface area contributed by atoms with Crippen molar-refractivity contribution in [2.75, 3.05) is 6.61 Å². The molecule has 1 nitrogen and oxygen atoms in total. The van der Waals surface area contributed by atoms with Crippen LogP contribution in [0.1, 0.15) is 59.3 Å². The van der Waals surface area contributed by atoms with E-state index in [0.717, 1.165) is 29.5 Å². The molecule has 78 valence electrons. The molecule has 0 saturated heterocycles. The first-order valence-corrected chi connectivity index (χ1v) is 6.91. The normalized spacial score (nSPS) is 12.0. The van der Waals surface area contributed by atoms with Gasteiger partial charge in [-0.2, -0.15) is 0 Å². The fourth-order valence-electron chi connectivity index (χ4n) is 1.97. The maximum absolute atomic E-state index is 5.19. The first-order chi connectivity index (χ1) is 6.24. The predicted octanol–water partition coefficient (Wildman–Crippen LogP) is 3.21. The Bertz CT molecular complexity index is 102. The van der Waals surface area contributed by atoms with Gasteiger partial charge in [0, 0.05) is 0 Å². The number of rotatable bonds is 8. The van der Waals surface area contributed by atoms with Gasteiger partial charge >= 0.3 is 97.3 Å². The predicted molar refractivity (Wildman–Crippen MR) is 60.3 cm³/mol. The van der Waals surface area contributed by atoms with Gasteiger partial charge in [-0.3, -0.25) is 0 Å². The minimum atomic E-state index is 0.629. The number of hydrogen-bond acceptors (Lipinski definition) is 1. The van der Waals surface area contributed by atoms with Crippen molar-refractivity contribution in [1.82, 2.24) is 0 Å². The molecule has 0 heterocycles. The van der Waals surface area contributed by atoms with Gasteiger partial charge in [-0.1, -0.05) is 0 Å². The Morgan fingerprint density at radius 3 is 1.92 bits per heavy atom. The van der Waals surface area contributed by atoms with E-state index in [0.29, 0.717) is 5.41 Å². The van der Waals surface area contributed by atoms with Crippen LogP contribution in [-0.2, 0) is 3.07 Å². The molecule has 0 rings (SSSR count). The summed E-state index contributed by atoms with van der Waals surface area (Å²) in [5.74, 6) is 0. The summed E-state index contributed by atoms with van der Waals surface area (Å²) in [6.07, 6.45) is 7.99. The van der Waals surface area contributed by atoms with Crippen LogP contribution in [0.2, 0.25) is 0 Å². The number of unbranched alkanes of at least 4 members (excludes halogenated alkanes) is 1. The van der Waals surface area contributed by atoms with Crippen LogP contribution >= 0.6 is 0 Å². The van der Waals surface area contributed by atoms with E-state index >= 15 is 0 Å². The van der Waals surface area contributed by atoms with Crippen molar-refractivity contribution in [3.05, 3.63) is 0 Å². The Kier molecular flexibility index (Phi) is 8.57. The molecule has 0 aromatic heterocycles. The molecule has 0 amide bonds. The summed E-state index contributed by atoms with van der Waals surface area (Å²) in [5, 5.41) is 0. The third kappa shape index (κ3) is 5.26. The second-order valence-corrected chi connectivity index (χ2v) is 4.84. The van der Waals surface area contributed by atoms with E-state index in [9.17, 15) is 0 Å². The molecular formula is C11H24OSn.